The van der Waals surface area contributed by atoms with Gasteiger partial charge in [-0.05, 0) is 68.9 Å². The number of nitrogens with zero attached hydrogens (tertiary/aromatic N) is 2. The van der Waals surface area contributed by atoms with E-state index in [9.17, 15) is 13.2 Å². The molecular formula is C23H34N4O5S. The van der Waals surface area contributed by atoms with Crippen LogP contribution < -0.4 is 10.6 Å². The van der Waals surface area contributed by atoms with Crippen LogP contribution in [0.1, 0.15) is 61.2 Å². The van der Waals surface area contributed by atoms with Gasteiger partial charge in [-0.15, -0.1) is 0 Å². The summed E-state index contributed by atoms with van der Waals surface area (Å²) in [6.07, 6.45) is 4.24. The summed E-state index contributed by atoms with van der Waals surface area (Å²) in [5.74, 6) is 2.78. The molecule has 0 radical (unpaired) electrons. The first kappa shape index (κ1) is 22.0. The molecule has 2 bridgehead atoms. The molecular weight excluding hydrogens is 444 g/mol. The van der Waals surface area contributed by atoms with Gasteiger partial charge in [-0.1, -0.05) is 12.1 Å². The van der Waals surface area contributed by atoms with E-state index >= 15 is 0 Å². The molecule has 7 atom stereocenters. The van der Waals surface area contributed by atoms with Crippen LogP contribution in [-0.4, -0.2) is 74.0 Å². The molecule has 5 fully saturated rings. The largest absolute Gasteiger partial charge is 0.380 e. The molecule has 6 rings (SSSR count). The van der Waals surface area contributed by atoms with Crippen LogP contribution in [0.2, 0.25) is 0 Å². The highest BCUT2D eigenvalue weighted by Gasteiger charge is 2.51. The quantitative estimate of drug-likeness (QED) is 0.634. The Balaban J connectivity index is 1.09. The van der Waals surface area contributed by atoms with Crippen molar-refractivity contribution in [3.63, 3.8) is 0 Å². The monoisotopic (exact) mass is 478 g/mol. The Morgan fingerprint density at radius 3 is 2.61 bits per heavy atom. The number of hydrogen-bond acceptors (Lipinski definition) is 7. The van der Waals surface area contributed by atoms with Gasteiger partial charge >= 0.3 is 0 Å². The van der Waals surface area contributed by atoms with Crippen LogP contribution in [-0.2, 0) is 14.8 Å². The molecule has 10 heteroatoms. The average molecular weight is 479 g/mol. The summed E-state index contributed by atoms with van der Waals surface area (Å²) in [5.41, 5.74) is 0.286. The number of ether oxygens (including phenoxy) is 1. The number of aromatic nitrogens is 1. The third kappa shape index (κ3) is 4.02. The van der Waals surface area contributed by atoms with E-state index in [1.54, 1.807) is 6.07 Å². The zero-order valence-electron chi connectivity index (χ0n) is 19.1. The molecule has 2 N–H and O–H groups in total. The van der Waals surface area contributed by atoms with E-state index < -0.39 is 10.0 Å². The minimum absolute atomic E-state index is 0.0309. The lowest BCUT2D eigenvalue weighted by molar-refractivity contribution is -0.00228. The first-order valence-electron chi connectivity index (χ1n) is 12.4. The maximum Gasteiger partial charge on any atom is 0.273 e. The number of nitrogens with one attached hydrogen (secondary N) is 2. The standard InChI is InChI=1S/C23H34N4O5S/c1-13-2-19-5-18(25-23(28)20-7-22(32-26-20)17-10-31-11-17)6-21(13)27(19)33(29,30)12-14-3-15-8-24-9-16(15)4-14/h7,13-19,21,24H,2-6,8-12H2,1H3,(H,25,28)/t13-,14?,15-,16?,18?,19+,21?/m0/s1. The maximum absolute atomic E-state index is 13.5. The van der Waals surface area contributed by atoms with E-state index in [1.165, 1.54) is 0 Å². The van der Waals surface area contributed by atoms with Crippen molar-refractivity contribution >= 4 is 15.9 Å². The Bertz CT molecular complexity index is 996. The molecule has 4 unspecified atom stereocenters. The second-order valence-electron chi connectivity index (χ2n) is 11.0. The van der Waals surface area contributed by atoms with Crippen molar-refractivity contribution in [3.05, 3.63) is 17.5 Å². The number of amides is 1. The molecule has 33 heavy (non-hydrogen) atoms. The first-order valence-corrected chi connectivity index (χ1v) is 14.1. The molecule has 9 nitrogen and oxygen atoms in total. The van der Waals surface area contributed by atoms with Crippen molar-refractivity contribution in [1.82, 2.24) is 20.1 Å². The van der Waals surface area contributed by atoms with E-state index in [4.69, 9.17) is 9.26 Å². The van der Waals surface area contributed by atoms with Gasteiger partial charge in [0.15, 0.2) is 5.69 Å². The topological polar surface area (TPSA) is 114 Å². The smallest absolute Gasteiger partial charge is 0.273 e. The van der Waals surface area contributed by atoms with Crippen molar-refractivity contribution in [2.45, 2.75) is 63.1 Å². The Morgan fingerprint density at radius 1 is 1.18 bits per heavy atom. The zero-order valence-corrected chi connectivity index (χ0v) is 19.9. The van der Waals surface area contributed by atoms with Gasteiger partial charge in [-0.2, -0.15) is 4.31 Å². The van der Waals surface area contributed by atoms with Crippen molar-refractivity contribution in [2.24, 2.45) is 23.7 Å². The van der Waals surface area contributed by atoms with Crippen molar-refractivity contribution in [1.29, 1.82) is 0 Å². The van der Waals surface area contributed by atoms with Crippen LogP contribution >= 0.6 is 0 Å². The van der Waals surface area contributed by atoms with E-state index in [0.717, 1.165) is 32.4 Å². The number of carbonyl (C=O) groups is 1. The fourth-order valence-electron chi connectivity index (χ4n) is 7.08. The number of sulfonamides is 1. The van der Waals surface area contributed by atoms with Crippen LogP contribution in [0, 0.1) is 23.7 Å². The number of rotatable bonds is 6. The molecule has 5 heterocycles. The Kier molecular flexibility index (Phi) is 5.55. The molecule has 5 aliphatic rings. The van der Waals surface area contributed by atoms with Crippen molar-refractivity contribution in [3.8, 4) is 0 Å². The van der Waals surface area contributed by atoms with E-state index in [0.29, 0.717) is 49.6 Å². The molecule has 1 aliphatic carbocycles. The number of piperidine rings is 1. The molecule has 1 amide bonds. The van der Waals surface area contributed by atoms with Crippen LogP contribution in [0.25, 0.3) is 0 Å². The molecule has 4 aliphatic heterocycles. The summed E-state index contributed by atoms with van der Waals surface area (Å²) < 4.78 is 39.3. The third-order valence-electron chi connectivity index (χ3n) is 8.73. The predicted octanol–water partition coefficient (Wildman–Crippen LogP) is 1.34. The lowest BCUT2D eigenvalue weighted by Gasteiger charge is -2.39. The van der Waals surface area contributed by atoms with Gasteiger partial charge in [-0.3, -0.25) is 4.79 Å². The highest BCUT2D eigenvalue weighted by Crippen LogP contribution is 2.44. The zero-order chi connectivity index (χ0) is 22.7. The molecule has 1 aromatic rings. The van der Waals surface area contributed by atoms with Gasteiger partial charge < -0.3 is 19.9 Å². The Labute approximate surface area is 195 Å². The molecule has 1 saturated carbocycles. The average Bonchev–Trinajstić information content (AvgIpc) is 3.45. The summed E-state index contributed by atoms with van der Waals surface area (Å²) in [5, 5.41) is 10.5. The summed E-state index contributed by atoms with van der Waals surface area (Å²) in [4.78, 5) is 12.8. The number of fused-ring (bicyclic) bond motifs is 3. The summed E-state index contributed by atoms with van der Waals surface area (Å²) in [6, 6.07) is 1.58. The van der Waals surface area contributed by atoms with Gasteiger partial charge in [0.2, 0.25) is 10.0 Å². The Hall–Kier alpha value is -1.49. The highest BCUT2D eigenvalue weighted by molar-refractivity contribution is 7.89. The number of carbonyl (C=O) groups excluding carboxylic acids is 1. The Morgan fingerprint density at radius 2 is 1.94 bits per heavy atom. The predicted molar refractivity (Wildman–Crippen MR) is 120 cm³/mol. The minimum atomic E-state index is -3.31. The molecule has 182 valence electrons. The fraction of sp³-hybridized carbons (Fsp3) is 0.826. The van der Waals surface area contributed by atoms with Crippen molar-refractivity contribution < 1.29 is 22.5 Å². The van der Waals surface area contributed by atoms with Crippen LogP contribution in [0.15, 0.2) is 10.6 Å². The van der Waals surface area contributed by atoms with E-state index in [-0.39, 0.29) is 47.3 Å². The van der Waals surface area contributed by atoms with Crippen LogP contribution in [0.3, 0.4) is 0 Å². The van der Waals surface area contributed by atoms with Gasteiger partial charge in [-0.25, -0.2) is 8.42 Å². The summed E-state index contributed by atoms with van der Waals surface area (Å²) in [7, 11) is -3.31. The second-order valence-corrected chi connectivity index (χ2v) is 13.0. The van der Waals surface area contributed by atoms with Crippen molar-refractivity contribution in [2.75, 3.05) is 32.1 Å². The lowest BCUT2D eigenvalue weighted by atomic mass is 9.97. The maximum atomic E-state index is 13.5. The highest BCUT2D eigenvalue weighted by atomic mass is 32.2. The second kappa shape index (κ2) is 8.32. The van der Waals surface area contributed by atoms with Gasteiger partial charge in [0.1, 0.15) is 5.76 Å². The molecule has 4 saturated heterocycles. The fourth-order valence-corrected chi connectivity index (χ4v) is 9.45. The van der Waals surface area contributed by atoms with E-state index in [2.05, 4.69) is 22.7 Å². The van der Waals surface area contributed by atoms with Crippen LogP contribution in [0.4, 0.5) is 0 Å². The van der Waals surface area contributed by atoms with Gasteiger partial charge in [0.25, 0.3) is 5.91 Å². The molecule has 0 aromatic carbocycles. The van der Waals surface area contributed by atoms with Crippen LogP contribution in [0.5, 0.6) is 0 Å². The minimum Gasteiger partial charge on any atom is -0.380 e. The molecule has 1 aromatic heterocycles. The first-order chi connectivity index (χ1) is 15.9. The third-order valence-corrected chi connectivity index (χ3v) is 10.8. The summed E-state index contributed by atoms with van der Waals surface area (Å²) >= 11 is 0. The van der Waals surface area contributed by atoms with Gasteiger partial charge in [0.05, 0.1) is 24.9 Å². The van der Waals surface area contributed by atoms with E-state index in [1.807, 2.05) is 4.31 Å². The SMILES string of the molecule is C[C@H]1C[C@@H]2CC(NC(=O)c3cc(C4COC4)on3)CC1N2S(=O)(=O)CC1CC2CNC[C@@H]2C1. The van der Waals surface area contributed by atoms with Gasteiger partial charge in [0, 0.05) is 24.2 Å². The number of hydrogen-bond donors (Lipinski definition) is 2. The summed E-state index contributed by atoms with van der Waals surface area (Å²) in [6.45, 7) is 5.42. The lowest BCUT2D eigenvalue weighted by Crippen LogP contribution is -2.53. The molecule has 0 spiro atoms. The normalized spacial score (nSPS) is 38.9.